The maximum atomic E-state index is 11.3. The number of Topliss-reactive ketones (excluding diaryl/α,β-unsaturated/α-hetero) is 1. The Kier molecular flexibility index (Phi) is 2.32. The fourth-order valence-electron chi connectivity index (χ4n) is 1.45. The van der Waals surface area contributed by atoms with Crippen molar-refractivity contribution < 1.29 is 9.53 Å². The maximum Gasteiger partial charge on any atom is 0.171 e. The number of aromatic nitrogens is 1. The molecule has 4 nitrogen and oxygen atoms in total. The molecule has 2 heterocycles. The third-order valence-corrected chi connectivity index (χ3v) is 3.34. The molecule has 0 aliphatic rings. The molecule has 2 aromatic heterocycles. The lowest BCUT2D eigenvalue weighted by Crippen LogP contribution is -1.95. The molecule has 0 unspecified atom stereocenters. The van der Waals surface area contributed by atoms with Crippen LogP contribution in [0.5, 0.6) is 5.75 Å². The summed E-state index contributed by atoms with van der Waals surface area (Å²) in [6.45, 7) is 1.49. The summed E-state index contributed by atoms with van der Waals surface area (Å²) in [6.07, 6.45) is 1.64. The third-order valence-electron chi connectivity index (χ3n) is 2.13. The maximum absolute atomic E-state index is 11.3. The van der Waals surface area contributed by atoms with Crippen LogP contribution in [0.25, 0.3) is 10.2 Å². The first-order valence-corrected chi connectivity index (χ1v) is 5.18. The zero-order chi connectivity index (χ0) is 11.0. The fraction of sp³-hybridized carbons (Fsp3) is 0.200. The van der Waals surface area contributed by atoms with Gasteiger partial charge in [0, 0.05) is 13.1 Å². The molecule has 0 saturated heterocycles. The van der Waals surface area contributed by atoms with E-state index >= 15 is 0 Å². The number of methoxy groups -OCH3 is 1. The van der Waals surface area contributed by atoms with Gasteiger partial charge in [0.15, 0.2) is 5.78 Å². The molecular formula is C10H10N2O2S. The minimum absolute atomic E-state index is 0.0439. The van der Waals surface area contributed by atoms with Crippen LogP contribution < -0.4 is 10.5 Å². The molecule has 2 N–H and O–H groups in total. The van der Waals surface area contributed by atoms with Gasteiger partial charge >= 0.3 is 0 Å². The third kappa shape index (κ3) is 1.45. The number of carbonyl (C=O) groups excluding carboxylic acids is 1. The van der Waals surface area contributed by atoms with Crippen molar-refractivity contribution in [3.05, 3.63) is 17.1 Å². The van der Waals surface area contributed by atoms with Crippen LogP contribution in [0.4, 0.5) is 5.69 Å². The van der Waals surface area contributed by atoms with E-state index in [0.717, 1.165) is 10.2 Å². The Morgan fingerprint density at radius 3 is 2.93 bits per heavy atom. The number of pyridine rings is 1. The first kappa shape index (κ1) is 9.92. The van der Waals surface area contributed by atoms with Gasteiger partial charge in [-0.3, -0.25) is 4.79 Å². The predicted octanol–water partition coefficient (Wildman–Crippen LogP) is 2.09. The molecule has 0 fully saturated rings. The number of carbonyl (C=O) groups is 1. The van der Waals surface area contributed by atoms with Crippen molar-refractivity contribution in [3.8, 4) is 5.75 Å². The second-order valence-corrected chi connectivity index (χ2v) is 4.09. The smallest absolute Gasteiger partial charge is 0.171 e. The van der Waals surface area contributed by atoms with E-state index in [9.17, 15) is 4.79 Å². The highest BCUT2D eigenvalue weighted by Gasteiger charge is 2.16. The van der Waals surface area contributed by atoms with Gasteiger partial charge in [0.05, 0.1) is 23.1 Å². The molecule has 0 aromatic carbocycles. The number of nitrogens with zero attached hydrogens (tertiary/aromatic N) is 1. The van der Waals surface area contributed by atoms with Crippen LogP contribution in [0, 0.1) is 0 Å². The number of thiophene rings is 1. The Labute approximate surface area is 90.7 Å². The quantitative estimate of drug-likeness (QED) is 0.790. The van der Waals surface area contributed by atoms with Crippen LogP contribution >= 0.6 is 11.3 Å². The van der Waals surface area contributed by atoms with E-state index in [4.69, 9.17) is 10.5 Å². The summed E-state index contributed by atoms with van der Waals surface area (Å²) in [5.41, 5.74) is 6.35. The van der Waals surface area contributed by atoms with Crippen molar-refractivity contribution >= 4 is 33.0 Å². The number of nitrogens with two attached hydrogens (primary N) is 1. The molecule has 0 atom stereocenters. The van der Waals surface area contributed by atoms with E-state index in [0.29, 0.717) is 16.3 Å². The van der Waals surface area contributed by atoms with Gasteiger partial charge in [-0.25, -0.2) is 4.98 Å². The van der Waals surface area contributed by atoms with E-state index in [-0.39, 0.29) is 5.78 Å². The van der Waals surface area contributed by atoms with Crippen LogP contribution in [0.2, 0.25) is 0 Å². The summed E-state index contributed by atoms with van der Waals surface area (Å²) in [5, 5.41) is 0.732. The van der Waals surface area contributed by atoms with E-state index in [2.05, 4.69) is 4.98 Å². The minimum atomic E-state index is -0.0439. The van der Waals surface area contributed by atoms with Crippen LogP contribution in [0.15, 0.2) is 12.3 Å². The Morgan fingerprint density at radius 1 is 1.60 bits per heavy atom. The number of hydrogen-bond donors (Lipinski definition) is 1. The summed E-state index contributed by atoms with van der Waals surface area (Å²) in [5.74, 6) is 0.610. The van der Waals surface area contributed by atoms with Gasteiger partial charge in [-0.05, 0) is 6.07 Å². The lowest BCUT2D eigenvalue weighted by molar-refractivity contribution is 0.102. The van der Waals surface area contributed by atoms with Gasteiger partial charge < -0.3 is 10.5 Å². The second-order valence-electron chi connectivity index (χ2n) is 3.09. The van der Waals surface area contributed by atoms with Crippen molar-refractivity contribution in [3.63, 3.8) is 0 Å². The summed E-state index contributed by atoms with van der Waals surface area (Å²) < 4.78 is 5.18. The lowest BCUT2D eigenvalue weighted by Gasteiger charge is -2.01. The van der Waals surface area contributed by atoms with Crippen molar-refractivity contribution in [2.45, 2.75) is 6.92 Å². The lowest BCUT2D eigenvalue weighted by atomic mass is 10.2. The van der Waals surface area contributed by atoms with Crippen LogP contribution in [0.3, 0.4) is 0 Å². The van der Waals surface area contributed by atoms with Crippen molar-refractivity contribution in [2.24, 2.45) is 0 Å². The topological polar surface area (TPSA) is 65.2 Å². The molecule has 0 bridgehead atoms. The Balaban J connectivity index is 2.82. The van der Waals surface area contributed by atoms with Crippen LogP contribution in [0.1, 0.15) is 16.6 Å². The number of ketones is 1. The van der Waals surface area contributed by atoms with Crippen LogP contribution in [-0.2, 0) is 0 Å². The SMILES string of the molecule is COc1ccnc2sc(C(C)=O)c(N)c12. The van der Waals surface area contributed by atoms with E-state index < -0.39 is 0 Å². The zero-order valence-electron chi connectivity index (χ0n) is 8.40. The number of nitrogen functional groups attached to an aromatic ring is 1. The van der Waals surface area contributed by atoms with Crippen molar-refractivity contribution in [2.75, 3.05) is 12.8 Å². The Hall–Kier alpha value is -1.62. The van der Waals surface area contributed by atoms with Gasteiger partial charge in [0.2, 0.25) is 0 Å². The van der Waals surface area contributed by atoms with Gasteiger partial charge in [-0.2, -0.15) is 0 Å². The minimum Gasteiger partial charge on any atom is -0.496 e. The molecule has 0 spiro atoms. The number of hydrogen-bond acceptors (Lipinski definition) is 5. The van der Waals surface area contributed by atoms with Gasteiger partial charge in [0.25, 0.3) is 0 Å². The molecule has 15 heavy (non-hydrogen) atoms. The normalized spacial score (nSPS) is 10.5. The zero-order valence-corrected chi connectivity index (χ0v) is 9.22. The highest BCUT2D eigenvalue weighted by molar-refractivity contribution is 7.21. The number of fused-ring (bicyclic) bond motifs is 1. The molecule has 78 valence electrons. The number of ether oxygens (including phenoxy) is 1. The molecular weight excluding hydrogens is 212 g/mol. The average molecular weight is 222 g/mol. The van der Waals surface area contributed by atoms with Crippen molar-refractivity contribution in [1.82, 2.24) is 4.98 Å². The summed E-state index contributed by atoms with van der Waals surface area (Å²) in [4.78, 5) is 16.7. The largest absolute Gasteiger partial charge is 0.496 e. The first-order valence-electron chi connectivity index (χ1n) is 4.37. The predicted molar refractivity (Wildman–Crippen MR) is 60.6 cm³/mol. The van der Waals surface area contributed by atoms with Crippen LogP contribution in [-0.4, -0.2) is 17.9 Å². The highest BCUT2D eigenvalue weighted by Crippen LogP contribution is 2.38. The molecule has 5 heteroatoms. The molecule has 0 radical (unpaired) electrons. The standard InChI is InChI=1S/C10H10N2O2S/c1-5(13)9-8(11)7-6(14-2)3-4-12-10(7)15-9/h3-4H,11H2,1-2H3. The van der Waals surface area contributed by atoms with E-state index in [1.54, 1.807) is 19.4 Å². The Bertz CT molecular complexity index is 533. The van der Waals surface area contributed by atoms with Gasteiger partial charge in [-0.15, -0.1) is 11.3 Å². The van der Waals surface area contributed by atoms with E-state index in [1.807, 2.05) is 0 Å². The first-order chi connectivity index (χ1) is 7.15. The molecule has 2 aromatic rings. The van der Waals surface area contributed by atoms with Gasteiger partial charge in [0.1, 0.15) is 10.6 Å². The number of rotatable bonds is 2. The molecule has 0 saturated carbocycles. The van der Waals surface area contributed by atoms with E-state index in [1.165, 1.54) is 18.3 Å². The summed E-state index contributed by atoms with van der Waals surface area (Å²) in [7, 11) is 1.57. The highest BCUT2D eigenvalue weighted by atomic mass is 32.1. The average Bonchev–Trinajstić information content (AvgIpc) is 2.56. The van der Waals surface area contributed by atoms with Gasteiger partial charge in [-0.1, -0.05) is 0 Å². The summed E-state index contributed by atoms with van der Waals surface area (Å²) >= 11 is 1.30. The molecule has 0 amide bonds. The molecule has 0 aliphatic heterocycles. The molecule has 2 rings (SSSR count). The fourth-order valence-corrected chi connectivity index (χ4v) is 2.42. The molecule has 0 aliphatic carbocycles. The monoisotopic (exact) mass is 222 g/mol. The second kappa shape index (κ2) is 3.51. The Morgan fingerprint density at radius 2 is 2.33 bits per heavy atom. The van der Waals surface area contributed by atoms with Crippen molar-refractivity contribution in [1.29, 1.82) is 0 Å². The summed E-state index contributed by atoms with van der Waals surface area (Å²) in [6, 6.07) is 1.73. The number of anilines is 1.